The van der Waals surface area contributed by atoms with Crippen molar-refractivity contribution in [2.45, 2.75) is 12.5 Å². The summed E-state index contributed by atoms with van der Waals surface area (Å²) in [5.41, 5.74) is 0.263. The summed E-state index contributed by atoms with van der Waals surface area (Å²) < 4.78 is 9.32. The SMILES string of the molecule is COc1cc(/C=C/C(=O)OC(CC(=O)O)C(=O)O)cc(O)c1O. The monoisotopic (exact) mass is 326 g/mol. The normalized spacial score (nSPS) is 11.9. The van der Waals surface area contributed by atoms with Gasteiger partial charge in [-0.3, -0.25) is 4.79 Å². The van der Waals surface area contributed by atoms with E-state index < -0.39 is 41.9 Å². The van der Waals surface area contributed by atoms with Gasteiger partial charge in [0, 0.05) is 6.08 Å². The molecule has 0 aromatic heterocycles. The maximum absolute atomic E-state index is 11.5. The number of hydrogen-bond donors (Lipinski definition) is 4. The van der Waals surface area contributed by atoms with E-state index in [-0.39, 0.29) is 11.3 Å². The highest BCUT2D eigenvalue weighted by atomic mass is 16.6. The number of carbonyl (C=O) groups excluding carboxylic acids is 1. The molecule has 1 aromatic carbocycles. The van der Waals surface area contributed by atoms with Gasteiger partial charge < -0.3 is 29.9 Å². The minimum atomic E-state index is -1.81. The predicted molar refractivity (Wildman–Crippen MR) is 75.1 cm³/mol. The van der Waals surface area contributed by atoms with Crippen molar-refractivity contribution in [3.63, 3.8) is 0 Å². The first-order valence-electron chi connectivity index (χ1n) is 6.17. The van der Waals surface area contributed by atoms with E-state index in [0.29, 0.717) is 0 Å². The van der Waals surface area contributed by atoms with Crippen LogP contribution in [0.4, 0.5) is 0 Å². The molecule has 4 N–H and O–H groups in total. The summed E-state index contributed by atoms with van der Waals surface area (Å²) in [6, 6.07) is 2.44. The molecule has 124 valence electrons. The molecule has 0 bridgehead atoms. The predicted octanol–water partition coefficient (Wildman–Crippen LogP) is 0.591. The van der Waals surface area contributed by atoms with Crippen LogP contribution in [0.25, 0.3) is 6.08 Å². The van der Waals surface area contributed by atoms with Crippen LogP contribution in [0.3, 0.4) is 0 Å². The van der Waals surface area contributed by atoms with E-state index in [1.165, 1.54) is 19.3 Å². The van der Waals surface area contributed by atoms with E-state index in [4.69, 9.17) is 14.9 Å². The third-order valence-electron chi connectivity index (χ3n) is 2.60. The van der Waals surface area contributed by atoms with E-state index in [1.54, 1.807) is 0 Å². The van der Waals surface area contributed by atoms with Crippen molar-refractivity contribution in [2.75, 3.05) is 7.11 Å². The van der Waals surface area contributed by atoms with Gasteiger partial charge in [-0.15, -0.1) is 0 Å². The van der Waals surface area contributed by atoms with Crippen LogP contribution in [0.15, 0.2) is 18.2 Å². The fourth-order valence-corrected chi connectivity index (χ4v) is 1.55. The number of hydrogen-bond acceptors (Lipinski definition) is 7. The Morgan fingerprint density at radius 1 is 1.22 bits per heavy atom. The molecule has 0 aliphatic rings. The standard InChI is InChI=1S/C14H14O9/c1-22-9-5-7(4-8(15)13(9)19)2-3-12(18)23-10(14(20)21)6-11(16)17/h2-5,10,15,19H,6H2,1H3,(H,16,17)(H,20,21)/b3-2+. The molecule has 0 aliphatic heterocycles. The lowest BCUT2D eigenvalue weighted by Crippen LogP contribution is -2.28. The second kappa shape index (κ2) is 7.69. The molecule has 1 unspecified atom stereocenters. The van der Waals surface area contributed by atoms with Gasteiger partial charge in [0.25, 0.3) is 0 Å². The molecule has 23 heavy (non-hydrogen) atoms. The Bertz CT molecular complexity index is 648. The molecule has 0 fully saturated rings. The topological polar surface area (TPSA) is 151 Å². The summed E-state index contributed by atoms with van der Waals surface area (Å²) in [7, 11) is 1.26. The summed E-state index contributed by atoms with van der Waals surface area (Å²) in [6.07, 6.45) is -0.664. The highest BCUT2D eigenvalue weighted by Crippen LogP contribution is 2.36. The summed E-state index contributed by atoms with van der Waals surface area (Å²) in [5.74, 6) is -5.08. The summed E-state index contributed by atoms with van der Waals surface area (Å²) in [4.78, 5) is 32.8. The van der Waals surface area contributed by atoms with Crippen LogP contribution in [-0.2, 0) is 19.1 Å². The first kappa shape index (κ1) is 17.8. The van der Waals surface area contributed by atoms with E-state index in [9.17, 15) is 24.6 Å². The molecule has 0 saturated heterocycles. The zero-order valence-electron chi connectivity index (χ0n) is 11.9. The number of phenols is 2. The maximum atomic E-state index is 11.5. The summed E-state index contributed by atoms with van der Waals surface area (Å²) in [5, 5.41) is 36.2. The van der Waals surface area contributed by atoms with Crippen LogP contribution in [-0.4, -0.2) is 51.5 Å². The number of ether oxygens (including phenoxy) is 2. The van der Waals surface area contributed by atoms with Gasteiger partial charge in [0.15, 0.2) is 11.5 Å². The van der Waals surface area contributed by atoms with E-state index in [0.717, 1.165) is 12.1 Å². The minimum absolute atomic E-state index is 0.0349. The van der Waals surface area contributed by atoms with Crippen LogP contribution >= 0.6 is 0 Å². The molecule has 1 atom stereocenters. The van der Waals surface area contributed by atoms with Gasteiger partial charge in [0.2, 0.25) is 11.9 Å². The molecule has 9 nitrogen and oxygen atoms in total. The summed E-state index contributed by atoms with van der Waals surface area (Å²) >= 11 is 0. The van der Waals surface area contributed by atoms with Gasteiger partial charge in [-0.25, -0.2) is 9.59 Å². The van der Waals surface area contributed by atoms with Crippen LogP contribution in [0.1, 0.15) is 12.0 Å². The number of aromatic hydroxyl groups is 2. The molecule has 0 saturated carbocycles. The number of rotatable bonds is 7. The smallest absolute Gasteiger partial charge is 0.345 e. The number of phenolic OH excluding ortho intramolecular Hbond substituents is 2. The highest BCUT2D eigenvalue weighted by molar-refractivity contribution is 5.90. The quantitative estimate of drug-likeness (QED) is 0.320. The maximum Gasteiger partial charge on any atom is 0.345 e. The summed E-state index contributed by atoms with van der Waals surface area (Å²) in [6.45, 7) is 0. The first-order valence-corrected chi connectivity index (χ1v) is 6.17. The molecule has 0 heterocycles. The number of carbonyl (C=O) groups is 3. The van der Waals surface area contributed by atoms with Crippen molar-refractivity contribution >= 4 is 24.0 Å². The van der Waals surface area contributed by atoms with Crippen molar-refractivity contribution in [1.29, 1.82) is 0 Å². The largest absolute Gasteiger partial charge is 0.504 e. The van der Waals surface area contributed by atoms with Crippen molar-refractivity contribution < 1.29 is 44.3 Å². The lowest BCUT2D eigenvalue weighted by atomic mass is 10.1. The Labute approximate surface area is 130 Å². The molecule has 0 radical (unpaired) electrons. The number of benzene rings is 1. The number of esters is 1. The molecule has 1 rings (SSSR count). The molecule has 1 aromatic rings. The van der Waals surface area contributed by atoms with Gasteiger partial charge in [0.05, 0.1) is 13.5 Å². The van der Waals surface area contributed by atoms with Crippen LogP contribution < -0.4 is 4.74 Å². The zero-order chi connectivity index (χ0) is 17.6. The molecule has 0 amide bonds. The van der Waals surface area contributed by atoms with Gasteiger partial charge in [-0.1, -0.05) is 0 Å². The second-order valence-corrected chi connectivity index (χ2v) is 4.29. The van der Waals surface area contributed by atoms with Gasteiger partial charge in [-0.2, -0.15) is 0 Å². The Balaban J connectivity index is 2.84. The lowest BCUT2D eigenvalue weighted by molar-refractivity contribution is -0.164. The number of aliphatic carboxylic acids is 2. The van der Waals surface area contributed by atoms with E-state index >= 15 is 0 Å². The average Bonchev–Trinajstić information content (AvgIpc) is 2.47. The molecular weight excluding hydrogens is 312 g/mol. The fraction of sp³-hybridized carbons (Fsp3) is 0.214. The van der Waals surface area contributed by atoms with Crippen LogP contribution in [0.5, 0.6) is 17.2 Å². The second-order valence-electron chi connectivity index (χ2n) is 4.29. The van der Waals surface area contributed by atoms with E-state index in [2.05, 4.69) is 4.74 Å². The molecule has 0 aliphatic carbocycles. The third-order valence-corrected chi connectivity index (χ3v) is 2.60. The Hall–Kier alpha value is -3.23. The molecule has 9 heteroatoms. The highest BCUT2D eigenvalue weighted by Gasteiger charge is 2.24. The first-order chi connectivity index (χ1) is 10.7. The van der Waals surface area contributed by atoms with Gasteiger partial charge >= 0.3 is 17.9 Å². The van der Waals surface area contributed by atoms with Crippen molar-refractivity contribution in [1.82, 2.24) is 0 Å². The lowest BCUT2D eigenvalue weighted by Gasteiger charge is -2.09. The average molecular weight is 326 g/mol. The minimum Gasteiger partial charge on any atom is -0.504 e. The van der Waals surface area contributed by atoms with Gasteiger partial charge in [0.1, 0.15) is 0 Å². The number of carboxylic acid groups (broad SMARTS) is 2. The van der Waals surface area contributed by atoms with Gasteiger partial charge in [-0.05, 0) is 23.8 Å². The molecule has 0 spiro atoms. The number of carboxylic acids is 2. The van der Waals surface area contributed by atoms with Crippen LogP contribution in [0.2, 0.25) is 0 Å². The van der Waals surface area contributed by atoms with Crippen molar-refractivity contribution in [2.24, 2.45) is 0 Å². The Kier molecular flexibility index (Phi) is 5.95. The molecular formula is C14H14O9. The van der Waals surface area contributed by atoms with Crippen LogP contribution in [0, 0.1) is 0 Å². The van der Waals surface area contributed by atoms with Crippen molar-refractivity contribution in [3.8, 4) is 17.2 Å². The third kappa shape index (κ3) is 5.23. The fourth-order valence-electron chi connectivity index (χ4n) is 1.55. The Morgan fingerprint density at radius 3 is 2.39 bits per heavy atom. The zero-order valence-corrected chi connectivity index (χ0v) is 11.9. The van der Waals surface area contributed by atoms with Crippen molar-refractivity contribution in [3.05, 3.63) is 23.8 Å². The van der Waals surface area contributed by atoms with E-state index in [1.807, 2.05) is 0 Å². The Morgan fingerprint density at radius 2 is 1.87 bits per heavy atom. The number of methoxy groups -OCH3 is 1.